The van der Waals surface area contributed by atoms with Crippen LogP contribution in [0, 0.1) is 0 Å². The van der Waals surface area contributed by atoms with E-state index in [1.807, 2.05) is 56.6 Å². The highest BCUT2D eigenvalue weighted by atomic mass is 32.1. The van der Waals surface area contributed by atoms with Gasteiger partial charge in [-0.25, -0.2) is 4.98 Å². The van der Waals surface area contributed by atoms with E-state index in [1.54, 1.807) is 18.5 Å². The Morgan fingerprint density at radius 2 is 1.89 bits per heavy atom. The van der Waals surface area contributed by atoms with Crippen molar-refractivity contribution < 1.29 is 14.3 Å². The second kappa shape index (κ2) is 11.5. The Kier molecular flexibility index (Phi) is 7.96. The minimum atomic E-state index is -0.369. The molecule has 0 aliphatic heterocycles. The second-order valence-electron chi connectivity index (χ2n) is 7.94. The van der Waals surface area contributed by atoms with Gasteiger partial charge in [-0.05, 0) is 31.8 Å². The fraction of sp³-hybridized carbons (Fsp3) is 0.240. The maximum atomic E-state index is 12.8. The van der Waals surface area contributed by atoms with Gasteiger partial charge in [0.05, 0.1) is 12.7 Å². The molecule has 1 atom stereocenters. The van der Waals surface area contributed by atoms with Crippen LogP contribution in [0.3, 0.4) is 0 Å². The third kappa shape index (κ3) is 6.37. The molecule has 9 nitrogen and oxygen atoms in total. The minimum absolute atomic E-state index is 0.215. The summed E-state index contributed by atoms with van der Waals surface area (Å²) in [6.45, 7) is 0.839. The van der Waals surface area contributed by atoms with Gasteiger partial charge in [0, 0.05) is 43.2 Å². The molecule has 4 aromatic rings. The Balaban J connectivity index is 1.49. The van der Waals surface area contributed by atoms with Gasteiger partial charge < -0.3 is 14.4 Å². The molecule has 0 radical (unpaired) electrons. The molecule has 0 spiro atoms. The van der Waals surface area contributed by atoms with Gasteiger partial charge in [0.15, 0.2) is 5.75 Å². The Morgan fingerprint density at radius 1 is 1.11 bits per heavy atom. The standard InChI is InChI=1S/C25H26N6O3S/c1-31(2)14-11-20(17-7-5-4-6-8-17)34-23-21(33-3)15-19(16-27-23)22(32)28-25-30-29-24(35-25)18-9-12-26-13-10-18/h4-10,12-13,15-16,20H,11,14H2,1-3H3,(H,28,30,32)/t20-/m1/s1. The first-order valence-electron chi connectivity index (χ1n) is 11.0. The maximum Gasteiger partial charge on any atom is 0.259 e. The average molecular weight is 491 g/mol. The van der Waals surface area contributed by atoms with Crippen LogP contribution in [0.25, 0.3) is 10.6 Å². The largest absolute Gasteiger partial charge is 0.491 e. The summed E-state index contributed by atoms with van der Waals surface area (Å²) in [6, 6.07) is 15.3. The van der Waals surface area contributed by atoms with Crippen molar-refractivity contribution in [2.24, 2.45) is 0 Å². The number of carbonyl (C=O) groups excluding carboxylic acids is 1. The molecule has 3 heterocycles. The van der Waals surface area contributed by atoms with Gasteiger partial charge in [0.2, 0.25) is 5.13 Å². The second-order valence-corrected chi connectivity index (χ2v) is 8.92. The monoisotopic (exact) mass is 490 g/mol. The summed E-state index contributed by atoms with van der Waals surface area (Å²) >= 11 is 1.27. The van der Waals surface area contributed by atoms with Gasteiger partial charge in [-0.1, -0.05) is 41.7 Å². The zero-order valence-electron chi connectivity index (χ0n) is 19.7. The summed E-state index contributed by atoms with van der Waals surface area (Å²) in [5.74, 6) is 0.331. The molecule has 0 saturated heterocycles. The Morgan fingerprint density at radius 3 is 2.60 bits per heavy atom. The molecule has 3 aromatic heterocycles. The number of amides is 1. The molecular weight excluding hydrogens is 464 g/mol. The number of benzene rings is 1. The molecule has 0 aliphatic rings. The molecule has 1 aromatic carbocycles. The molecule has 1 N–H and O–H groups in total. The lowest BCUT2D eigenvalue weighted by atomic mass is 10.1. The van der Waals surface area contributed by atoms with E-state index in [1.165, 1.54) is 24.6 Å². The fourth-order valence-corrected chi connectivity index (χ4v) is 4.06. The molecule has 0 bridgehead atoms. The first-order valence-corrected chi connectivity index (χ1v) is 11.8. The highest BCUT2D eigenvalue weighted by Gasteiger charge is 2.20. The number of aromatic nitrogens is 4. The summed E-state index contributed by atoms with van der Waals surface area (Å²) in [5, 5.41) is 12.0. The van der Waals surface area contributed by atoms with E-state index in [0.29, 0.717) is 27.3 Å². The molecule has 0 aliphatic carbocycles. The molecule has 180 valence electrons. The molecule has 35 heavy (non-hydrogen) atoms. The number of pyridine rings is 2. The van der Waals surface area contributed by atoms with Crippen LogP contribution in [0.15, 0.2) is 67.1 Å². The number of hydrogen-bond donors (Lipinski definition) is 1. The predicted molar refractivity (Wildman–Crippen MR) is 135 cm³/mol. The van der Waals surface area contributed by atoms with Crippen molar-refractivity contribution >= 4 is 22.4 Å². The highest BCUT2D eigenvalue weighted by molar-refractivity contribution is 7.18. The Bertz CT molecular complexity index is 1250. The van der Waals surface area contributed by atoms with Crippen molar-refractivity contribution in [1.82, 2.24) is 25.1 Å². The topological polar surface area (TPSA) is 102 Å². The van der Waals surface area contributed by atoms with Crippen LogP contribution in [0.4, 0.5) is 5.13 Å². The summed E-state index contributed by atoms with van der Waals surface area (Å²) in [7, 11) is 5.56. The lowest BCUT2D eigenvalue weighted by molar-refractivity contribution is 0.102. The number of carbonyl (C=O) groups is 1. The van der Waals surface area contributed by atoms with Crippen LogP contribution in [-0.2, 0) is 0 Å². The van der Waals surface area contributed by atoms with E-state index in [0.717, 1.165) is 24.1 Å². The number of ether oxygens (including phenoxy) is 2. The molecule has 10 heteroatoms. The summed E-state index contributed by atoms with van der Waals surface area (Å²) in [4.78, 5) is 23.3. The molecular formula is C25H26N6O3S. The fourth-order valence-electron chi connectivity index (χ4n) is 3.32. The van der Waals surface area contributed by atoms with Crippen LogP contribution in [0.2, 0.25) is 0 Å². The lowest BCUT2D eigenvalue weighted by Gasteiger charge is -2.22. The van der Waals surface area contributed by atoms with Gasteiger partial charge in [-0.15, -0.1) is 10.2 Å². The van der Waals surface area contributed by atoms with Gasteiger partial charge in [-0.2, -0.15) is 0 Å². The van der Waals surface area contributed by atoms with Crippen molar-refractivity contribution in [3.63, 3.8) is 0 Å². The molecule has 0 saturated carbocycles. The average Bonchev–Trinajstić information content (AvgIpc) is 3.36. The number of nitrogens with one attached hydrogen (secondary N) is 1. The molecule has 4 rings (SSSR count). The number of methoxy groups -OCH3 is 1. The van der Waals surface area contributed by atoms with Crippen LogP contribution in [0.5, 0.6) is 11.6 Å². The SMILES string of the molecule is COc1cc(C(=O)Nc2nnc(-c3ccncc3)s2)cnc1O[C@H](CCN(C)C)c1ccccc1. The Hall–Kier alpha value is -3.89. The third-order valence-corrected chi connectivity index (χ3v) is 6.02. The van der Waals surface area contributed by atoms with E-state index in [-0.39, 0.29) is 12.0 Å². The molecule has 0 fully saturated rings. The van der Waals surface area contributed by atoms with Crippen molar-refractivity contribution in [2.45, 2.75) is 12.5 Å². The summed E-state index contributed by atoms with van der Waals surface area (Å²) < 4.78 is 11.8. The quantitative estimate of drug-likeness (QED) is 0.351. The smallest absolute Gasteiger partial charge is 0.259 e. The normalized spacial score (nSPS) is 11.8. The van der Waals surface area contributed by atoms with Crippen molar-refractivity contribution in [3.8, 4) is 22.2 Å². The van der Waals surface area contributed by atoms with E-state index < -0.39 is 0 Å². The number of anilines is 1. The lowest BCUT2D eigenvalue weighted by Crippen LogP contribution is -2.19. The van der Waals surface area contributed by atoms with Gasteiger partial charge in [-0.3, -0.25) is 15.1 Å². The van der Waals surface area contributed by atoms with Crippen LogP contribution < -0.4 is 14.8 Å². The van der Waals surface area contributed by atoms with Gasteiger partial charge >= 0.3 is 0 Å². The number of rotatable bonds is 10. The van der Waals surface area contributed by atoms with E-state index in [4.69, 9.17) is 9.47 Å². The first-order chi connectivity index (χ1) is 17.0. The van der Waals surface area contributed by atoms with Gasteiger partial charge in [0.25, 0.3) is 11.8 Å². The van der Waals surface area contributed by atoms with E-state index in [9.17, 15) is 4.79 Å². The summed E-state index contributed by atoms with van der Waals surface area (Å²) in [5.41, 5.74) is 2.24. The van der Waals surface area contributed by atoms with Gasteiger partial charge in [0.1, 0.15) is 11.1 Å². The van der Waals surface area contributed by atoms with Crippen molar-refractivity contribution in [1.29, 1.82) is 0 Å². The minimum Gasteiger partial charge on any atom is -0.491 e. The van der Waals surface area contributed by atoms with E-state index in [2.05, 4.69) is 30.4 Å². The Labute approximate surface area is 207 Å². The molecule has 0 unspecified atom stereocenters. The van der Waals surface area contributed by atoms with Crippen LogP contribution in [-0.4, -0.2) is 58.7 Å². The zero-order chi connectivity index (χ0) is 24.6. The van der Waals surface area contributed by atoms with Crippen LogP contribution >= 0.6 is 11.3 Å². The molecule has 1 amide bonds. The number of hydrogen-bond acceptors (Lipinski definition) is 9. The van der Waals surface area contributed by atoms with Crippen LogP contribution in [0.1, 0.15) is 28.4 Å². The first kappa shape index (κ1) is 24.2. The van der Waals surface area contributed by atoms with E-state index >= 15 is 0 Å². The van der Waals surface area contributed by atoms with Crippen molar-refractivity contribution in [3.05, 3.63) is 78.2 Å². The number of nitrogens with zero attached hydrogens (tertiary/aromatic N) is 5. The third-order valence-electron chi connectivity index (χ3n) is 5.14. The maximum absolute atomic E-state index is 12.8. The summed E-state index contributed by atoms with van der Waals surface area (Å²) in [6.07, 6.45) is 5.37. The highest BCUT2D eigenvalue weighted by Crippen LogP contribution is 2.32. The zero-order valence-corrected chi connectivity index (χ0v) is 20.5. The predicted octanol–water partition coefficient (Wildman–Crippen LogP) is 4.33. The van der Waals surface area contributed by atoms with Crippen molar-refractivity contribution in [2.75, 3.05) is 33.1 Å².